The minimum absolute atomic E-state index is 0.125. The summed E-state index contributed by atoms with van der Waals surface area (Å²) in [5, 5.41) is 0. The summed E-state index contributed by atoms with van der Waals surface area (Å²) >= 11 is 0. The van der Waals surface area contributed by atoms with E-state index in [9.17, 15) is 4.79 Å². The molecule has 1 atom stereocenters. The summed E-state index contributed by atoms with van der Waals surface area (Å²) in [4.78, 5) is 12.4. The van der Waals surface area contributed by atoms with Crippen LogP contribution >= 0.6 is 0 Å². The first-order valence-corrected chi connectivity index (χ1v) is 7.17. The molecule has 3 rings (SSSR count). The summed E-state index contributed by atoms with van der Waals surface area (Å²) in [5.41, 5.74) is 0.681. The molecule has 0 amide bonds. The van der Waals surface area contributed by atoms with E-state index in [1.54, 1.807) is 13.2 Å². The third-order valence-corrected chi connectivity index (χ3v) is 4.29. The molecule has 0 aromatic heterocycles. The number of fused-ring (bicyclic) bond motifs is 1. The van der Waals surface area contributed by atoms with Gasteiger partial charge in [0.25, 0.3) is 0 Å². The Kier molecular flexibility index (Phi) is 3.45. The zero-order chi connectivity index (χ0) is 13.2. The lowest BCUT2D eigenvalue weighted by atomic mass is 9.84. The number of Topliss-reactive ketones (excluding diaryl/α,β-unsaturated/α-hetero) is 1. The van der Waals surface area contributed by atoms with Crippen LogP contribution in [0.15, 0.2) is 18.2 Å². The topological polar surface area (TPSA) is 35.5 Å². The highest BCUT2D eigenvalue weighted by Crippen LogP contribution is 2.36. The van der Waals surface area contributed by atoms with E-state index >= 15 is 0 Å². The smallest absolute Gasteiger partial charge is 0.207 e. The first kappa shape index (κ1) is 12.5. The number of hydrogen-bond acceptors (Lipinski definition) is 3. The predicted octanol–water partition coefficient (Wildman–Crippen LogP) is 3.61. The van der Waals surface area contributed by atoms with Gasteiger partial charge in [0.2, 0.25) is 5.78 Å². The summed E-state index contributed by atoms with van der Waals surface area (Å²) in [6.45, 7) is 0. The lowest BCUT2D eigenvalue weighted by molar-refractivity contribution is 0.0806. The minimum atomic E-state index is -0.273. The van der Waals surface area contributed by atoms with Gasteiger partial charge >= 0.3 is 0 Å². The quantitative estimate of drug-likeness (QED) is 0.832. The van der Waals surface area contributed by atoms with E-state index in [-0.39, 0.29) is 11.9 Å². The molecule has 1 aromatic carbocycles. The van der Waals surface area contributed by atoms with Crippen molar-refractivity contribution in [3.63, 3.8) is 0 Å². The Morgan fingerprint density at radius 2 is 2.05 bits per heavy atom. The van der Waals surface area contributed by atoms with Gasteiger partial charge in [-0.25, -0.2) is 0 Å². The summed E-state index contributed by atoms with van der Waals surface area (Å²) in [7, 11) is 1.61. The molecule has 1 unspecified atom stereocenters. The van der Waals surface area contributed by atoms with Crippen molar-refractivity contribution in [1.29, 1.82) is 0 Å². The number of hydrogen-bond donors (Lipinski definition) is 0. The molecule has 102 valence electrons. The van der Waals surface area contributed by atoms with E-state index in [0.29, 0.717) is 23.0 Å². The molecule has 1 heterocycles. The fourth-order valence-electron chi connectivity index (χ4n) is 3.19. The fourth-order valence-corrected chi connectivity index (χ4v) is 3.19. The number of carbonyl (C=O) groups excluding carboxylic acids is 1. The summed E-state index contributed by atoms with van der Waals surface area (Å²) in [5.74, 6) is 2.21. The van der Waals surface area contributed by atoms with E-state index in [0.717, 1.165) is 6.42 Å². The normalized spacial score (nSPS) is 23.0. The second-order valence-electron chi connectivity index (χ2n) is 5.57. The van der Waals surface area contributed by atoms with Crippen molar-refractivity contribution < 1.29 is 14.3 Å². The predicted molar refractivity (Wildman–Crippen MR) is 72.9 cm³/mol. The molecule has 2 aliphatic rings. The van der Waals surface area contributed by atoms with E-state index in [1.807, 2.05) is 12.1 Å². The van der Waals surface area contributed by atoms with Crippen molar-refractivity contribution in [2.24, 2.45) is 5.92 Å². The van der Waals surface area contributed by atoms with Crippen molar-refractivity contribution in [1.82, 2.24) is 0 Å². The molecule has 19 heavy (non-hydrogen) atoms. The van der Waals surface area contributed by atoms with Gasteiger partial charge in [0.15, 0.2) is 6.10 Å². The summed E-state index contributed by atoms with van der Waals surface area (Å²) in [6, 6.07) is 5.47. The second kappa shape index (κ2) is 5.24. The largest absolute Gasteiger partial charge is 0.497 e. The number of ketones is 1. The molecule has 3 heteroatoms. The van der Waals surface area contributed by atoms with Gasteiger partial charge in [-0.15, -0.1) is 0 Å². The fraction of sp³-hybridized carbons (Fsp3) is 0.562. The molecular formula is C16H20O3. The molecule has 1 aliphatic carbocycles. The Morgan fingerprint density at radius 1 is 1.26 bits per heavy atom. The summed E-state index contributed by atoms with van der Waals surface area (Å²) in [6.07, 6.45) is 7.02. The van der Waals surface area contributed by atoms with Gasteiger partial charge in [0.05, 0.1) is 12.7 Å². The molecule has 1 aromatic rings. The Labute approximate surface area is 113 Å². The highest BCUT2D eigenvalue weighted by Gasteiger charge is 2.34. The van der Waals surface area contributed by atoms with Crippen LogP contribution < -0.4 is 9.47 Å². The molecule has 0 spiro atoms. The highest BCUT2D eigenvalue weighted by molar-refractivity contribution is 6.04. The van der Waals surface area contributed by atoms with Crippen LogP contribution in [0.25, 0.3) is 0 Å². The zero-order valence-corrected chi connectivity index (χ0v) is 11.4. The van der Waals surface area contributed by atoms with Crippen LogP contribution in [-0.4, -0.2) is 19.0 Å². The van der Waals surface area contributed by atoms with Crippen molar-refractivity contribution in [2.45, 2.75) is 44.6 Å². The van der Waals surface area contributed by atoms with E-state index < -0.39 is 0 Å². The standard InChI is InChI=1S/C16H20O3/c1-18-12-7-8-14-13(10-12)16(17)15(19-14)9-11-5-3-2-4-6-11/h7-8,10-11,15H,2-6,9H2,1H3. The third kappa shape index (κ3) is 2.46. The van der Waals surface area contributed by atoms with Crippen molar-refractivity contribution in [3.8, 4) is 11.5 Å². The van der Waals surface area contributed by atoms with Crippen molar-refractivity contribution >= 4 is 5.78 Å². The highest BCUT2D eigenvalue weighted by atomic mass is 16.5. The molecule has 1 aliphatic heterocycles. The van der Waals surface area contributed by atoms with Gasteiger partial charge in [-0.05, 0) is 30.5 Å². The van der Waals surface area contributed by atoms with Gasteiger partial charge in [0, 0.05) is 0 Å². The van der Waals surface area contributed by atoms with E-state index in [1.165, 1.54) is 32.1 Å². The number of carbonyl (C=O) groups is 1. The molecular weight excluding hydrogens is 240 g/mol. The lowest BCUT2D eigenvalue weighted by Crippen LogP contribution is -2.25. The van der Waals surface area contributed by atoms with Crippen LogP contribution in [0.1, 0.15) is 48.9 Å². The maximum atomic E-state index is 12.4. The SMILES string of the molecule is COc1ccc2c(c1)C(=O)C(CC1CCCCC1)O2. The molecule has 1 saturated carbocycles. The molecule has 0 radical (unpaired) electrons. The number of rotatable bonds is 3. The van der Waals surface area contributed by atoms with Gasteiger partial charge in [-0.2, -0.15) is 0 Å². The van der Waals surface area contributed by atoms with Gasteiger partial charge in [-0.1, -0.05) is 32.1 Å². The van der Waals surface area contributed by atoms with Crippen LogP contribution in [0.2, 0.25) is 0 Å². The maximum absolute atomic E-state index is 12.4. The van der Waals surface area contributed by atoms with Crippen LogP contribution in [0, 0.1) is 5.92 Å². The second-order valence-corrected chi connectivity index (χ2v) is 5.57. The first-order valence-electron chi connectivity index (χ1n) is 7.17. The van der Waals surface area contributed by atoms with Crippen LogP contribution in [0.4, 0.5) is 0 Å². The zero-order valence-electron chi connectivity index (χ0n) is 11.4. The van der Waals surface area contributed by atoms with Crippen molar-refractivity contribution in [3.05, 3.63) is 23.8 Å². The third-order valence-electron chi connectivity index (χ3n) is 4.29. The van der Waals surface area contributed by atoms with Gasteiger partial charge in [-0.3, -0.25) is 4.79 Å². The minimum Gasteiger partial charge on any atom is -0.497 e. The summed E-state index contributed by atoms with van der Waals surface area (Å²) < 4.78 is 11.0. The number of methoxy groups -OCH3 is 1. The van der Waals surface area contributed by atoms with Gasteiger partial charge < -0.3 is 9.47 Å². The molecule has 0 saturated heterocycles. The Morgan fingerprint density at radius 3 is 2.79 bits per heavy atom. The monoisotopic (exact) mass is 260 g/mol. The molecule has 0 bridgehead atoms. The number of benzene rings is 1. The average molecular weight is 260 g/mol. The van der Waals surface area contributed by atoms with E-state index in [2.05, 4.69) is 0 Å². The molecule has 1 fully saturated rings. The van der Waals surface area contributed by atoms with Gasteiger partial charge in [0.1, 0.15) is 11.5 Å². The number of ether oxygens (including phenoxy) is 2. The Balaban J connectivity index is 1.71. The van der Waals surface area contributed by atoms with Crippen LogP contribution in [0.3, 0.4) is 0 Å². The lowest BCUT2D eigenvalue weighted by Gasteiger charge is -2.23. The van der Waals surface area contributed by atoms with E-state index in [4.69, 9.17) is 9.47 Å². The molecule has 0 N–H and O–H groups in total. The van der Waals surface area contributed by atoms with Crippen molar-refractivity contribution in [2.75, 3.05) is 7.11 Å². The van der Waals surface area contributed by atoms with Crippen LogP contribution in [0.5, 0.6) is 11.5 Å². The average Bonchev–Trinajstić information content (AvgIpc) is 2.76. The Bertz CT molecular complexity index is 475. The Hall–Kier alpha value is -1.51. The first-order chi connectivity index (χ1) is 9.28. The molecule has 3 nitrogen and oxygen atoms in total. The maximum Gasteiger partial charge on any atom is 0.207 e. The van der Waals surface area contributed by atoms with Crippen LogP contribution in [-0.2, 0) is 0 Å².